The number of methoxy groups -OCH3 is 2. The summed E-state index contributed by atoms with van der Waals surface area (Å²) in [5.74, 6) is 1.34. The number of amides is 1. The Kier molecular flexibility index (Phi) is 4.92. The van der Waals surface area contributed by atoms with E-state index in [0.29, 0.717) is 17.9 Å². The standard InChI is InChI=1S/C18H24N2O4/c1-12-6-4-5-9-20(12)18(21)17-11-14(19-24-17)13-7-8-15(22-2)16(10-13)23-3/h7-8,10,12,17H,4-6,9,11H2,1-3H3/t12-,17+/m0/s1. The van der Waals surface area contributed by atoms with Gasteiger partial charge in [0.25, 0.3) is 5.91 Å². The molecule has 1 amide bonds. The molecule has 2 heterocycles. The van der Waals surface area contributed by atoms with E-state index in [2.05, 4.69) is 12.1 Å². The van der Waals surface area contributed by atoms with E-state index in [1.54, 1.807) is 14.2 Å². The Balaban J connectivity index is 1.69. The molecule has 1 aromatic rings. The summed E-state index contributed by atoms with van der Waals surface area (Å²) in [5, 5.41) is 4.13. The number of ether oxygens (including phenoxy) is 2. The first-order chi connectivity index (χ1) is 11.6. The maximum absolute atomic E-state index is 12.7. The molecule has 0 N–H and O–H groups in total. The Morgan fingerprint density at radius 1 is 1.25 bits per heavy atom. The van der Waals surface area contributed by atoms with Crippen molar-refractivity contribution < 1.29 is 19.1 Å². The zero-order valence-corrected chi connectivity index (χ0v) is 14.4. The molecular weight excluding hydrogens is 308 g/mol. The van der Waals surface area contributed by atoms with Crippen molar-refractivity contribution in [2.24, 2.45) is 5.16 Å². The van der Waals surface area contributed by atoms with Crippen LogP contribution < -0.4 is 9.47 Å². The molecule has 1 saturated heterocycles. The van der Waals surface area contributed by atoms with Gasteiger partial charge in [-0.25, -0.2) is 0 Å². The summed E-state index contributed by atoms with van der Waals surface area (Å²) in [6, 6.07) is 5.87. The van der Waals surface area contributed by atoms with Gasteiger partial charge in [0, 0.05) is 24.6 Å². The zero-order valence-electron chi connectivity index (χ0n) is 14.4. The zero-order chi connectivity index (χ0) is 17.1. The van der Waals surface area contributed by atoms with Gasteiger partial charge in [0.15, 0.2) is 11.5 Å². The van der Waals surface area contributed by atoms with Gasteiger partial charge < -0.3 is 19.2 Å². The molecule has 1 fully saturated rings. The molecule has 0 unspecified atom stereocenters. The van der Waals surface area contributed by atoms with E-state index in [9.17, 15) is 4.79 Å². The Morgan fingerprint density at radius 3 is 2.75 bits per heavy atom. The van der Waals surface area contributed by atoms with E-state index in [1.165, 1.54) is 6.42 Å². The third-order valence-corrected chi connectivity index (χ3v) is 4.75. The van der Waals surface area contributed by atoms with E-state index in [1.807, 2.05) is 23.1 Å². The lowest BCUT2D eigenvalue weighted by Gasteiger charge is -2.34. The highest BCUT2D eigenvalue weighted by atomic mass is 16.6. The summed E-state index contributed by atoms with van der Waals surface area (Å²) in [6.45, 7) is 2.91. The number of oxime groups is 1. The highest BCUT2D eigenvalue weighted by molar-refractivity contribution is 6.04. The molecule has 1 aromatic carbocycles. The van der Waals surface area contributed by atoms with E-state index in [-0.39, 0.29) is 11.9 Å². The van der Waals surface area contributed by atoms with E-state index in [4.69, 9.17) is 14.3 Å². The van der Waals surface area contributed by atoms with Crippen LogP contribution in [0.4, 0.5) is 0 Å². The molecule has 6 nitrogen and oxygen atoms in total. The number of benzene rings is 1. The summed E-state index contributed by atoms with van der Waals surface area (Å²) in [4.78, 5) is 20.1. The molecule has 0 aliphatic carbocycles. The molecule has 2 aliphatic rings. The van der Waals surface area contributed by atoms with Crippen LogP contribution in [0.5, 0.6) is 11.5 Å². The molecule has 0 saturated carbocycles. The molecule has 6 heteroatoms. The third-order valence-electron chi connectivity index (χ3n) is 4.75. The van der Waals surface area contributed by atoms with Gasteiger partial charge in [-0.15, -0.1) is 0 Å². The number of piperidine rings is 1. The van der Waals surface area contributed by atoms with Crippen molar-refractivity contribution in [2.75, 3.05) is 20.8 Å². The molecule has 2 aliphatic heterocycles. The minimum absolute atomic E-state index is 0.0430. The number of rotatable bonds is 4. The smallest absolute Gasteiger partial charge is 0.267 e. The van der Waals surface area contributed by atoms with Crippen LogP contribution in [0.2, 0.25) is 0 Å². The second-order valence-corrected chi connectivity index (χ2v) is 6.28. The van der Waals surface area contributed by atoms with Gasteiger partial charge in [0.1, 0.15) is 0 Å². The largest absolute Gasteiger partial charge is 0.493 e. The van der Waals surface area contributed by atoms with Crippen LogP contribution in [0.25, 0.3) is 0 Å². The number of nitrogens with zero attached hydrogens (tertiary/aromatic N) is 2. The summed E-state index contributed by atoms with van der Waals surface area (Å²) < 4.78 is 10.6. The molecule has 0 radical (unpaired) electrons. The first kappa shape index (κ1) is 16.6. The summed E-state index contributed by atoms with van der Waals surface area (Å²) in [7, 11) is 3.20. The van der Waals surface area contributed by atoms with Crippen LogP contribution in [0.1, 0.15) is 38.2 Å². The fourth-order valence-corrected chi connectivity index (χ4v) is 3.31. The minimum Gasteiger partial charge on any atom is -0.493 e. The quantitative estimate of drug-likeness (QED) is 0.850. The normalized spacial score (nSPS) is 23.5. The highest BCUT2D eigenvalue weighted by Crippen LogP contribution is 2.30. The van der Waals surface area contributed by atoms with Crippen LogP contribution in [-0.4, -0.2) is 49.4 Å². The van der Waals surface area contributed by atoms with Crippen LogP contribution >= 0.6 is 0 Å². The number of likely N-dealkylation sites (tertiary alicyclic amines) is 1. The summed E-state index contributed by atoms with van der Waals surface area (Å²) in [6.07, 6.45) is 3.27. The van der Waals surface area contributed by atoms with Crippen LogP contribution in [-0.2, 0) is 9.63 Å². The fourth-order valence-electron chi connectivity index (χ4n) is 3.31. The van der Waals surface area contributed by atoms with Gasteiger partial charge in [0.2, 0.25) is 6.10 Å². The van der Waals surface area contributed by atoms with Crippen molar-refractivity contribution in [2.45, 2.75) is 44.8 Å². The Morgan fingerprint density at radius 2 is 2.04 bits per heavy atom. The molecule has 0 aromatic heterocycles. The monoisotopic (exact) mass is 332 g/mol. The lowest BCUT2D eigenvalue weighted by atomic mass is 10.0. The molecule has 3 rings (SSSR count). The van der Waals surface area contributed by atoms with Crippen molar-refractivity contribution in [3.63, 3.8) is 0 Å². The highest BCUT2D eigenvalue weighted by Gasteiger charge is 2.35. The SMILES string of the molecule is COc1ccc(C2=NO[C@@H](C(=O)N3CCCC[C@@H]3C)C2)cc1OC. The number of carbonyl (C=O) groups is 1. The average molecular weight is 332 g/mol. The lowest BCUT2D eigenvalue weighted by Crippen LogP contribution is -2.47. The predicted octanol–water partition coefficient (Wildman–Crippen LogP) is 2.60. The van der Waals surface area contributed by atoms with Gasteiger partial charge in [0.05, 0.1) is 19.9 Å². The van der Waals surface area contributed by atoms with Gasteiger partial charge in [-0.05, 0) is 44.4 Å². The molecule has 2 atom stereocenters. The first-order valence-corrected chi connectivity index (χ1v) is 8.39. The first-order valence-electron chi connectivity index (χ1n) is 8.39. The number of hydrogen-bond donors (Lipinski definition) is 0. The van der Waals surface area contributed by atoms with Gasteiger partial charge in [-0.3, -0.25) is 4.79 Å². The van der Waals surface area contributed by atoms with Crippen molar-refractivity contribution in [3.05, 3.63) is 23.8 Å². The van der Waals surface area contributed by atoms with Crippen molar-refractivity contribution in [1.82, 2.24) is 4.90 Å². The molecular formula is C18H24N2O4. The Labute approximate surface area is 142 Å². The Hall–Kier alpha value is -2.24. The van der Waals surface area contributed by atoms with Crippen molar-refractivity contribution in [3.8, 4) is 11.5 Å². The minimum atomic E-state index is -0.520. The van der Waals surface area contributed by atoms with Crippen molar-refractivity contribution in [1.29, 1.82) is 0 Å². The molecule has 0 bridgehead atoms. The Bertz CT molecular complexity index is 644. The third kappa shape index (κ3) is 3.18. The topological polar surface area (TPSA) is 60.4 Å². The van der Waals surface area contributed by atoms with E-state index in [0.717, 1.165) is 30.7 Å². The summed E-state index contributed by atoms with van der Waals surface area (Å²) in [5.41, 5.74) is 1.65. The summed E-state index contributed by atoms with van der Waals surface area (Å²) >= 11 is 0. The molecule has 0 spiro atoms. The fraction of sp³-hybridized carbons (Fsp3) is 0.556. The second kappa shape index (κ2) is 7.11. The number of hydrogen-bond acceptors (Lipinski definition) is 5. The maximum Gasteiger partial charge on any atom is 0.267 e. The van der Waals surface area contributed by atoms with Gasteiger partial charge in [-0.2, -0.15) is 0 Å². The van der Waals surface area contributed by atoms with Crippen LogP contribution in [0, 0.1) is 0 Å². The lowest BCUT2D eigenvalue weighted by molar-refractivity contribution is -0.145. The van der Waals surface area contributed by atoms with Gasteiger partial charge in [-0.1, -0.05) is 5.16 Å². The maximum atomic E-state index is 12.7. The molecule has 24 heavy (non-hydrogen) atoms. The second-order valence-electron chi connectivity index (χ2n) is 6.28. The predicted molar refractivity (Wildman–Crippen MR) is 90.6 cm³/mol. The van der Waals surface area contributed by atoms with Crippen LogP contribution in [0.3, 0.4) is 0 Å². The van der Waals surface area contributed by atoms with E-state index >= 15 is 0 Å². The van der Waals surface area contributed by atoms with E-state index < -0.39 is 6.10 Å². The van der Waals surface area contributed by atoms with Crippen molar-refractivity contribution >= 4 is 11.6 Å². The molecule has 130 valence electrons. The average Bonchev–Trinajstić information content (AvgIpc) is 3.11. The van der Waals surface area contributed by atoms with Crippen LogP contribution in [0.15, 0.2) is 23.4 Å². The number of carbonyl (C=O) groups excluding carboxylic acids is 1. The van der Waals surface area contributed by atoms with Gasteiger partial charge >= 0.3 is 0 Å².